The van der Waals surface area contributed by atoms with Gasteiger partial charge >= 0.3 is 0 Å². The van der Waals surface area contributed by atoms with Gasteiger partial charge in [-0.25, -0.2) is 6.57 Å². The first-order chi connectivity index (χ1) is 7.29. The van der Waals surface area contributed by atoms with E-state index in [1.807, 2.05) is 12.1 Å². The summed E-state index contributed by atoms with van der Waals surface area (Å²) in [5.41, 5.74) is 3.27. The molecule has 0 amide bonds. The van der Waals surface area contributed by atoms with Gasteiger partial charge in [0.15, 0.2) is 0 Å². The zero-order chi connectivity index (χ0) is 10.7. The molecule has 0 aliphatic carbocycles. The number of pyridine rings is 1. The lowest BCUT2D eigenvalue weighted by Gasteiger charge is -2.01. The molecule has 2 aromatic rings. The second-order valence-corrected chi connectivity index (χ2v) is 3.63. The lowest BCUT2D eigenvalue weighted by atomic mass is 10.1. The second-order valence-electron chi connectivity index (χ2n) is 3.63. The summed E-state index contributed by atoms with van der Waals surface area (Å²) in [5.74, 6) is 0. The molecular formula is C13H12N2. The third kappa shape index (κ3) is 2.13. The van der Waals surface area contributed by atoms with Crippen molar-refractivity contribution >= 4 is 10.9 Å². The van der Waals surface area contributed by atoms with Crippen molar-refractivity contribution in [1.29, 1.82) is 0 Å². The summed E-state index contributed by atoms with van der Waals surface area (Å²) >= 11 is 0. The van der Waals surface area contributed by atoms with Gasteiger partial charge in [0, 0.05) is 11.1 Å². The minimum absolute atomic E-state index is 0.518. The Hall–Kier alpha value is -1.88. The van der Waals surface area contributed by atoms with E-state index in [0.29, 0.717) is 6.54 Å². The number of aryl methyl sites for hydroxylation is 1. The fourth-order valence-electron chi connectivity index (χ4n) is 1.60. The van der Waals surface area contributed by atoms with E-state index in [0.717, 1.165) is 17.6 Å². The molecule has 1 aromatic heterocycles. The summed E-state index contributed by atoms with van der Waals surface area (Å²) in [6.07, 6.45) is 0.743. The Morgan fingerprint density at radius 3 is 2.93 bits per heavy atom. The van der Waals surface area contributed by atoms with Crippen LogP contribution in [-0.4, -0.2) is 11.5 Å². The van der Waals surface area contributed by atoms with Crippen LogP contribution in [0.1, 0.15) is 11.3 Å². The standard InChI is InChI=1S/C13H12N2/c1-10-3-6-13-11(9-10)4-5-12(15-13)7-8-14-2/h3-6,9H,7-8H2,1H3. The molecule has 74 valence electrons. The second kappa shape index (κ2) is 4.10. The summed E-state index contributed by atoms with van der Waals surface area (Å²) in [5, 5.41) is 1.17. The van der Waals surface area contributed by atoms with Gasteiger partial charge in [-0.2, -0.15) is 0 Å². The van der Waals surface area contributed by atoms with Crippen LogP contribution in [-0.2, 0) is 6.42 Å². The van der Waals surface area contributed by atoms with Crippen molar-refractivity contribution in [3.05, 3.63) is 53.0 Å². The molecule has 0 saturated heterocycles. The maximum absolute atomic E-state index is 6.74. The van der Waals surface area contributed by atoms with Crippen molar-refractivity contribution in [1.82, 2.24) is 4.98 Å². The monoisotopic (exact) mass is 196 g/mol. The van der Waals surface area contributed by atoms with Gasteiger partial charge in [-0.15, -0.1) is 0 Å². The number of nitrogens with zero attached hydrogens (tertiary/aromatic N) is 2. The number of benzene rings is 1. The molecule has 0 spiro atoms. The lowest BCUT2D eigenvalue weighted by molar-refractivity contribution is 1.01. The topological polar surface area (TPSA) is 17.2 Å². The average Bonchev–Trinajstić information content (AvgIpc) is 2.26. The third-order valence-electron chi connectivity index (χ3n) is 2.38. The molecule has 0 saturated carbocycles. The highest BCUT2D eigenvalue weighted by molar-refractivity contribution is 5.79. The molecule has 0 bridgehead atoms. The number of fused-ring (bicyclic) bond motifs is 1. The molecule has 1 aromatic carbocycles. The minimum atomic E-state index is 0.518. The zero-order valence-corrected chi connectivity index (χ0v) is 8.70. The Labute approximate surface area is 89.4 Å². The summed E-state index contributed by atoms with van der Waals surface area (Å²) in [7, 11) is 0. The van der Waals surface area contributed by atoms with E-state index >= 15 is 0 Å². The highest BCUT2D eigenvalue weighted by Crippen LogP contribution is 2.14. The predicted molar refractivity (Wildman–Crippen MR) is 61.7 cm³/mol. The first-order valence-corrected chi connectivity index (χ1v) is 4.99. The summed E-state index contributed by atoms with van der Waals surface area (Å²) in [6.45, 7) is 9.33. The molecule has 0 N–H and O–H groups in total. The van der Waals surface area contributed by atoms with Crippen LogP contribution < -0.4 is 0 Å². The fraction of sp³-hybridized carbons (Fsp3) is 0.231. The number of rotatable bonds is 2. The quantitative estimate of drug-likeness (QED) is 0.675. The zero-order valence-electron chi connectivity index (χ0n) is 8.70. The van der Waals surface area contributed by atoms with E-state index in [9.17, 15) is 0 Å². The molecule has 0 radical (unpaired) electrons. The highest BCUT2D eigenvalue weighted by Gasteiger charge is 1.99. The van der Waals surface area contributed by atoms with Crippen molar-refractivity contribution in [2.24, 2.45) is 0 Å². The van der Waals surface area contributed by atoms with Crippen molar-refractivity contribution in [3.63, 3.8) is 0 Å². The minimum Gasteiger partial charge on any atom is -0.317 e. The van der Waals surface area contributed by atoms with Gasteiger partial charge in [-0.3, -0.25) is 4.98 Å². The molecule has 0 aliphatic rings. The average molecular weight is 196 g/mol. The first kappa shape index (κ1) is 9.67. The van der Waals surface area contributed by atoms with Gasteiger partial charge in [0.05, 0.1) is 11.9 Å². The van der Waals surface area contributed by atoms with Crippen LogP contribution in [0.15, 0.2) is 30.3 Å². The SMILES string of the molecule is [C-]#[N+]CCc1ccc2cc(C)ccc2n1. The first-order valence-electron chi connectivity index (χ1n) is 4.99. The van der Waals surface area contributed by atoms with Crippen molar-refractivity contribution in [2.75, 3.05) is 6.54 Å². The summed E-state index contributed by atoms with van der Waals surface area (Å²) in [6, 6.07) is 10.3. The van der Waals surface area contributed by atoms with Crippen LogP contribution in [0.4, 0.5) is 0 Å². The Morgan fingerprint density at radius 2 is 2.13 bits per heavy atom. The molecule has 2 nitrogen and oxygen atoms in total. The largest absolute Gasteiger partial charge is 0.317 e. The molecule has 0 aliphatic heterocycles. The van der Waals surface area contributed by atoms with Gasteiger partial charge in [0.2, 0.25) is 6.54 Å². The number of hydrogen-bond donors (Lipinski definition) is 0. The summed E-state index contributed by atoms with van der Waals surface area (Å²) in [4.78, 5) is 7.85. The van der Waals surface area contributed by atoms with Crippen LogP contribution >= 0.6 is 0 Å². The van der Waals surface area contributed by atoms with Gasteiger partial charge < -0.3 is 4.85 Å². The van der Waals surface area contributed by atoms with Crippen molar-refractivity contribution in [2.45, 2.75) is 13.3 Å². The summed E-state index contributed by atoms with van der Waals surface area (Å²) < 4.78 is 0. The van der Waals surface area contributed by atoms with Crippen molar-refractivity contribution in [3.8, 4) is 0 Å². The van der Waals surface area contributed by atoms with Gasteiger partial charge in [-0.05, 0) is 25.1 Å². The van der Waals surface area contributed by atoms with E-state index in [1.165, 1.54) is 10.9 Å². The molecule has 0 fully saturated rings. The van der Waals surface area contributed by atoms with Crippen LogP contribution in [0.2, 0.25) is 0 Å². The molecule has 2 heteroatoms. The normalized spacial score (nSPS) is 10.1. The number of aromatic nitrogens is 1. The lowest BCUT2D eigenvalue weighted by Crippen LogP contribution is -1.92. The maximum atomic E-state index is 6.74. The van der Waals surface area contributed by atoms with E-state index in [2.05, 4.69) is 35.0 Å². The third-order valence-corrected chi connectivity index (χ3v) is 2.38. The maximum Gasteiger partial charge on any atom is 0.220 e. The molecule has 15 heavy (non-hydrogen) atoms. The van der Waals surface area contributed by atoms with Gasteiger partial charge in [0.25, 0.3) is 0 Å². The van der Waals surface area contributed by atoms with Gasteiger partial charge in [-0.1, -0.05) is 17.7 Å². The smallest absolute Gasteiger partial charge is 0.220 e. The molecule has 1 heterocycles. The Bertz CT molecular complexity index is 524. The Kier molecular flexibility index (Phi) is 2.64. The van der Waals surface area contributed by atoms with Crippen LogP contribution in [0, 0.1) is 13.5 Å². The van der Waals surface area contributed by atoms with E-state index in [4.69, 9.17) is 6.57 Å². The molecule has 0 atom stereocenters. The molecule has 0 unspecified atom stereocenters. The van der Waals surface area contributed by atoms with Crippen LogP contribution in [0.5, 0.6) is 0 Å². The van der Waals surface area contributed by atoms with Gasteiger partial charge in [0.1, 0.15) is 0 Å². The Balaban J connectivity index is 2.40. The van der Waals surface area contributed by atoms with E-state index in [1.54, 1.807) is 0 Å². The Morgan fingerprint density at radius 1 is 1.27 bits per heavy atom. The fourth-order valence-corrected chi connectivity index (χ4v) is 1.60. The van der Waals surface area contributed by atoms with Crippen LogP contribution in [0.25, 0.3) is 15.7 Å². The molecular weight excluding hydrogens is 184 g/mol. The highest BCUT2D eigenvalue weighted by atomic mass is 14.7. The number of hydrogen-bond acceptors (Lipinski definition) is 1. The van der Waals surface area contributed by atoms with E-state index in [-0.39, 0.29) is 0 Å². The van der Waals surface area contributed by atoms with E-state index < -0.39 is 0 Å². The van der Waals surface area contributed by atoms with Crippen LogP contribution in [0.3, 0.4) is 0 Å². The molecule has 2 rings (SSSR count). The van der Waals surface area contributed by atoms with Crippen molar-refractivity contribution < 1.29 is 0 Å². The predicted octanol–water partition coefficient (Wildman–Crippen LogP) is 3.01.